The Kier molecular flexibility index (Phi) is 6.54. The Hall–Kier alpha value is -2.73. The summed E-state index contributed by atoms with van der Waals surface area (Å²) < 4.78 is 10.6. The number of nitrogens with one attached hydrogen (secondary N) is 1. The molecule has 1 N–H and O–H groups in total. The Balaban J connectivity index is 1.44. The Bertz CT molecular complexity index is 744. The average Bonchev–Trinajstić information content (AvgIpc) is 2.74. The maximum Gasteiger partial charge on any atom is 0.236 e. The summed E-state index contributed by atoms with van der Waals surface area (Å²) in [6, 6.07) is 16.1. The van der Waals surface area contributed by atoms with Gasteiger partial charge in [-0.25, -0.2) is 0 Å². The van der Waals surface area contributed by atoms with Crippen molar-refractivity contribution in [2.45, 2.75) is 6.54 Å². The summed E-state index contributed by atoms with van der Waals surface area (Å²) >= 11 is 0. The highest BCUT2D eigenvalue weighted by Gasteiger charge is 2.20. The molecule has 3 rings (SSSR count). The van der Waals surface area contributed by atoms with Crippen molar-refractivity contribution < 1.29 is 14.3 Å². The number of para-hydroxylation sites is 1. The number of nitrogens with zero attached hydrogens (tertiary/aromatic N) is 2. The highest BCUT2D eigenvalue weighted by molar-refractivity contribution is 5.78. The van der Waals surface area contributed by atoms with Crippen LogP contribution in [0.15, 0.2) is 48.5 Å². The van der Waals surface area contributed by atoms with Gasteiger partial charge >= 0.3 is 0 Å². The number of methoxy groups -OCH3 is 2. The Morgan fingerprint density at radius 1 is 0.963 bits per heavy atom. The predicted octanol–water partition coefficient (Wildman–Crippen LogP) is 2.14. The number of rotatable bonds is 7. The minimum atomic E-state index is 0.142. The summed E-state index contributed by atoms with van der Waals surface area (Å²) in [6.45, 7) is 4.18. The van der Waals surface area contributed by atoms with Crippen LogP contribution in [0.25, 0.3) is 0 Å². The van der Waals surface area contributed by atoms with E-state index in [0.717, 1.165) is 31.7 Å². The second kappa shape index (κ2) is 9.28. The quantitative estimate of drug-likeness (QED) is 0.810. The fraction of sp³-hybridized carbons (Fsp3) is 0.381. The first-order valence-corrected chi connectivity index (χ1v) is 9.20. The molecule has 1 heterocycles. The molecule has 0 radical (unpaired) electrons. The summed E-state index contributed by atoms with van der Waals surface area (Å²) in [5.74, 6) is 1.54. The molecule has 1 saturated heterocycles. The van der Waals surface area contributed by atoms with Gasteiger partial charge in [-0.1, -0.05) is 24.3 Å². The van der Waals surface area contributed by atoms with E-state index in [1.807, 2.05) is 41.3 Å². The van der Waals surface area contributed by atoms with Gasteiger partial charge in [-0.05, 0) is 29.8 Å². The van der Waals surface area contributed by atoms with Gasteiger partial charge in [-0.15, -0.1) is 0 Å². The number of hydrogen-bond acceptors (Lipinski definition) is 5. The van der Waals surface area contributed by atoms with E-state index in [4.69, 9.17) is 9.47 Å². The van der Waals surface area contributed by atoms with Crippen molar-refractivity contribution >= 4 is 11.6 Å². The van der Waals surface area contributed by atoms with E-state index in [1.54, 1.807) is 14.2 Å². The lowest BCUT2D eigenvalue weighted by Crippen LogP contribution is -2.50. The van der Waals surface area contributed by atoms with Crippen LogP contribution in [0.3, 0.4) is 0 Å². The maximum atomic E-state index is 12.5. The maximum absolute atomic E-state index is 12.5. The molecular formula is C21H27N3O3. The van der Waals surface area contributed by atoms with Crippen LogP contribution in [0.5, 0.6) is 11.5 Å². The number of anilines is 1. The lowest BCUT2D eigenvalue weighted by atomic mass is 10.2. The third-order valence-corrected chi connectivity index (χ3v) is 4.81. The van der Waals surface area contributed by atoms with Gasteiger partial charge in [0.15, 0.2) is 11.5 Å². The number of benzene rings is 2. The SMILES string of the molecule is COc1ccc(CNCC(=O)N2CCN(c3ccccc3)CC2)cc1OC. The third kappa shape index (κ3) is 4.92. The second-order valence-corrected chi connectivity index (χ2v) is 6.50. The fourth-order valence-corrected chi connectivity index (χ4v) is 3.27. The minimum Gasteiger partial charge on any atom is -0.493 e. The average molecular weight is 369 g/mol. The Morgan fingerprint density at radius 2 is 1.67 bits per heavy atom. The number of amides is 1. The van der Waals surface area contributed by atoms with Gasteiger partial charge in [0.1, 0.15) is 0 Å². The van der Waals surface area contributed by atoms with Gasteiger partial charge in [0.2, 0.25) is 5.91 Å². The normalized spacial score (nSPS) is 14.1. The van der Waals surface area contributed by atoms with Crippen molar-refractivity contribution in [3.63, 3.8) is 0 Å². The lowest BCUT2D eigenvalue weighted by Gasteiger charge is -2.36. The van der Waals surface area contributed by atoms with Gasteiger partial charge in [0, 0.05) is 38.4 Å². The molecule has 0 saturated carbocycles. The highest BCUT2D eigenvalue weighted by atomic mass is 16.5. The summed E-state index contributed by atoms with van der Waals surface area (Å²) in [5, 5.41) is 3.23. The molecule has 144 valence electrons. The van der Waals surface area contributed by atoms with Crippen molar-refractivity contribution in [2.75, 3.05) is 51.8 Å². The van der Waals surface area contributed by atoms with Gasteiger partial charge in [0.25, 0.3) is 0 Å². The van der Waals surface area contributed by atoms with Gasteiger partial charge in [0.05, 0.1) is 20.8 Å². The van der Waals surface area contributed by atoms with E-state index >= 15 is 0 Å². The zero-order chi connectivity index (χ0) is 19.1. The smallest absolute Gasteiger partial charge is 0.236 e. The van der Waals surface area contributed by atoms with Gasteiger partial charge in [-0.3, -0.25) is 4.79 Å². The molecule has 2 aromatic carbocycles. The zero-order valence-corrected chi connectivity index (χ0v) is 16.0. The molecule has 27 heavy (non-hydrogen) atoms. The summed E-state index contributed by atoms with van der Waals surface area (Å²) in [5.41, 5.74) is 2.27. The summed E-state index contributed by atoms with van der Waals surface area (Å²) in [4.78, 5) is 16.7. The number of piperazine rings is 1. The van der Waals surface area contributed by atoms with Crippen LogP contribution in [0.2, 0.25) is 0 Å². The van der Waals surface area contributed by atoms with E-state index in [-0.39, 0.29) is 5.91 Å². The molecular weight excluding hydrogens is 342 g/mol. The molecule has 1 fully saturated rings. The van der Waals surface area contributed by atoms with Crippen LogP contribution in [0.1, 0.15) is 5.56 Å². The lowest BCUT2D eigenvalue weighted by molar-refractivity contribution is -0.130. The van der Waals surface area contributed by atoms with Crippen LogP contribution in [0.4, 0.5) is 5.69 Å². The van der Waals surface area contributed by atoms with E-state index in [1.165, 1.54) is 5.69 Å². The molecule has 1 amide bonds. The van der Waals surface area contributed by atoms with Crippen molar-refractivity contribution in [1.29, 1.82) is 0 Å². The molecule has 2 aromatic rings. The van der Waals surface area contributed by atoms with E-state index in [2.05, 4.69) is 22.3 Å². The molecule has 6 heteroatoms. The van der Waals surface area contributed by atoms with E-state index < -0.39 is 0 Å². The van der Waals surface area contributed by atoms with E-state index in [0.29, 0.717) is 24.6 Å². The predicted molar refractivity (Wildman–Crippen MR) is 106 cm³/mol. The van der Waals surface area contributed by atoms with Crippen molar-refractivity contribution in [1.82, 2.24) is 10.2 Å². The summed E-state index contributed by atoms with van der Waals surface area (Å²) in [6.07, 6.45) is 0. The van der Waals surface area contributed by atoms with Gasteiger partial charge < -0.3 is 24.6 Å². The minimum absolute atomic E-state index is 0.142. The fourth-order valence-electron chi connectivity index (χ4n) is 3.27. The standard InChI is InChI=1S/C21H27N3O3/c1-26-19-9-8-17(14-20(19)27-2)15-22-16-21(25)24-12-10-23(11-13-24)18-6-4-3-5-7-18/h3-9,14,22H,10-13,15-16H2,1-2H3. The summed E-state index contributed by atoms with van der Waals surface area (Å²) in [7, 11) is 3.24. The first-order chi connectivity index (χ1) is 13.2. The third-order valence-electron chi connectivity index (χ3n) is 4.81. The van der Waals surface area contributed by atoms with Crippen LogP contribution < -0.4 is 19.7 Å². The Morgan fingerprint density at radius 3 is 2.33 bits per heavy atom. The number of hydrogen-bond donors (Lipinski definition) is 1. The van der Waals surface area contributed by atoms with Crippen LogP contribution >= 0.6 is 0 Å². The first kappa shape index (κ1) is 19.0. The molecule has 0 aliphatic carbocycles. The van der Waals surface area contributed by atoms with E-state index in [9.17, 15) is 4.79 Å². The number of carbonyl (C=O) groups is 1. The Labute approximate surface area is 160 Å². The van der Waals surface area contributed by atoms with Crippen molar-refractivity contribution in [3.8, 4) is 11.5 Å². The zero-order valence-electron chi connectivity index (χ0n) is 16.0. The molecule has 0 atom stereocenters. The number of carbonyl (C=O) groups excluding carboxylic acids is 1. The molecule has 0 aromatic heterocycles. The topological polar surface area (TPSA) is 54.0 Å². The molecule has 0 spiro atoms. The second-order valence-electron chi connectivity index (χ2n) is 6.50. The van der Waals surface area contributed by atoms with Crippen LogP contribution in [-0.4, -0.2) is 57.8 Å². The number of ether oxygens (including phenoxy) is 2. The van der Waals surface area contributed by atoms with Crippen LogP contribution in [0, 0.1) is 0 Å². The molecule has 0 bridgehead atoms. The van der Waals surface area contributed by atoms with Gasteiger partial charge in [-0.2, -0.15) is 0 Å². The first-order valence-electron chi connectivity index (χ1n) is 9.20. The van der Waals surface area contributed by atoms with Crippen molar-refractivity contribution in [3.05, 3.63) is 54.1 Å². The van der Waals surface area contributed by atoms with Crippen LogP contribution in [-0.2, 0) is 11.3 Å². The largest absolute Gasteiger partial charge is 0.493 e. The molecule has 1 aliphatic heterocycles. The molecule has 0 unspecified atom stereocenters. The highest BCUT2D eigenvalue weighted by Crippen LogP contribution is 2.27. The molecule has 6 nitrogen and oxygen atoms in total. The van der Waals surface area contributed by atoms with Crippen molar-refractivity contribution in [2.24, 2.45) is 0 Å². The molecule has 1 aliphatic rings. The monoisotopic (exact) mass is 369 g/mol.